The van der Waals surface area contributed by atoms with Crippen molar-refractivity contribution >= 4 is 11.6 Å². The Hall–Kier alpha value is -1.49. The first-order valence-electron chi connectivity index (χ1n) is 6.05. The van der Waals surface area contributed by atoms with E-state index in [1.165, 1.54) is 11.0 Å². The molecule has 0 saturated carbocycles. The van der Waals surface area contributed by atoms with Crippen molar-refractivity contribution in [2.75, 3.05) is 18.5 Å². The molecule has 1 unspecified atom stereocenters. The summed E-state index contributed by atoms with van der Waals surface area (Å²) in [6.45, 7) is 0.821. The molecule has 1 aliphatic heterocycles. The van der Waals surface area contributed by atoms with E-state index in [0.717, 1.165) is 37.9 Å². The van der Waals surface area contributed by atoms with Crippen LogP contribution in [0.1, 0.15) is 19.3 Å². The topological polar surface area (TPSA) is 32.3 Å². The molecule has 3 nitrogen and oxygen atoms in total. The number of nitrogens with zero attached hydrogens (tertiary/aromatic N) is 1. The highest BCUT2D eigenvalue weighted by molar-refractivity contribution is 5.96. The van der Waals surface area contributed by atoms with Crippen molar-refractivity contribution in [2.24, 2.45) is 0 Å². The molecule has 1 saturated heterocycles. The third-order valence-electron chi connectivity index (χ3n) is 3.23. The molecule has 5 heteroatoms. The predicted octanol–water partition coefficient (Wildman–Crippen LogP) is 2.07. The summed E-state index contributed by atoms with van der Waals surface area (Å²) in [5.74, 6) is -1.96. The van der Waals surface area contributed by atoms with E-state index in [2.05, 4.69) is 5.32 Å². The third kappa shape index (κ3) is 2.67. The van der Waals surface area contributed by atoms with Crippen molar-refractivity contribution in [3.8, 4) is 0 Å². The summed E-state index contributed by atoms with van der Waals surface area (Å²) in [6.07, 6.45) is 2.86. The van der Waals surface area contributed by atoms with Crippen LogP contribution in [0.25, 0.3) is 0 Å². The molecule has 1 fully saturated rings. The fourth-order valence-electron chi connectivity index (χ4n) is 2.12. The molecule has 1 N–H and O–H groups in total. The normalized spacial score (nSPS) is 19.6. The van der Waals surface area contributed by atoms with Crippen molar-refractivity contribution < 1.29 is 13.6 Å². The molecule has 1 atom stereocenters. The van der Waals surface area contributed by atoms with Crippen LogP contribution in [-0.2, 0) is 4.79 Å². The lowest BCUT2D eigenvalue weighted by Gasteiger charge is -2.27. The first kappa shape index (κ1) is 13.0. The average molecular weight is 254 g/mol. The molecule has 1 amide bonds. The maximum Gasteiger partial charge on any atom is 0.243 e. The molecule has 98 valence electrons. The van der Waals surface area contributed by atoms with Gasteiger partial charge in [0.25, 0.3) is 0 Å². The summed E-state index contributed by atoms with van der Waals surface area (Å²) in [4.78, 5) is 13.5. The van der Waals surface area contributed by atoms with Gasteiger partial charge in [-0.15, -0.1) is 0 Å². The van der Waals surface area contributed by atoms with E-state index < -0.39 is 11.6 Å². The molecule has 1 heterocycles. The van der Waals surface area contributed by atoms with Gasteiger partial charge in [0.1, 0.15) is 0 Å². The number of hydrogen-bond donors (Lipinski definition) is 1. The first-order chi connectivity index (χ1) is 8.59. The number of nitrogens with one attached hydrogen (secondary N) is 1. The fraction of sp³-hybridized carbons (Fsp3) is 0.462. The van der Waals surface area contributed by atoms with Crippen molar-refractivity contribution in [3.05, 3.63) is 29.8 Å². The van der Waals surface area contributed by atoms with Gasteiger partial charge >= 0.3 is 0 Å². The predicted molar refractivity (Wildman–Crippen MR) is 65.4 cm³/mol. The Morgan fingerprint density at radius 3 is 2.72 bits per heavy atom. The molecule has 18 heavy (non-hydrogen) atoms. The summed E-state index contributed by atoms with van der Waals surface area (Å²) < 4.78 is 25.9. The lowest BCUT2D eigenvalue weighted by Crippen LogP contribution is -2.47. The Morgan fingerprint density at radius 2 is 2.11 bits per heavy atom. The van der Waals surface area contributed by atoms with Gasteiger partial charge in [-0.3, -0.25) is 4.79 Å². The highest BCUT2D eigenvalue weighted by atomic mass is 19.2. The van der Waals surface area contributed by atoms with E-state index in [0.29, 0.717) is 5.69 Å². The largest absolute Gasteiger partial charge is 0.314 e. The van der Waals surface area contributed by atoms with Gasteiger partial charge in [0.15, 0.2) is 11.6 Å². The van der Waals surface area contributed by atoms with Crippen LogP contribution >= 0.6 is 0 Å². The third-order valence-corrected chi connectivity index (χ3v) is 3.23. The number of hydrogen-bond acceptors (Lipinski definition) is 2. The van der Waals surface area contributed by atoms with E-state index in [9.17, 15) is 13.6 Å². The monoisotopic (exact) mass is 254 g/mol. The summed E-state index contributed by atoms with van der Waals surface area (Å²) in [5, 5.41) is 3.14. The number of benzene rings is 1. The molecular weight excluding hydrogens is 238 g/mol. The van der Waals surface area contributed by atoms with Gasteiger partial charge in [-0.25, -0.2) is 8.78 Å². The summed E-state index contributed by atoms with van der Waals surface area (Å²) >= 11 is 0. The van der Waals surface area contributed by atoms with Crippen LogP contribution in [-0.4, -0.2) is 25.5 Å². The number of piperidine rings is 1. The van der Waals surface area contributed by atoms with E-state index in [1.54, 1.807) is 7.05 Å². The maximum absolute atomic E-state index is 13.1. The zero-order valence-corrected chi connectivity index (χ0v) is 10.2. The Morgan fingerprint density at radius 1 is 1.33 bits per heavy atom. The second kappa shape index (κ2) is 5.44. The van der Waals surface area contributed by atoms with Crippen LogP contribution in [0.4, 0.5) is 14.5 Å². The van der Waals surface area contributed by atoms with Gasteiger partial charge in [0, 0.05) is 18.8 Å². The second-order valence-corrected chi connectivity index (χ2v) is 4.50. The zero-order chi connectivity index (χ0) is 13.1. The van der Waals surface area contributed by atoms with E-state index in [-0.39, 0.29) is 11.9 Å². The van der Waals surface area contributed by atoms with Crippen LogP contribution in [0.3, 0.4) is 0 Å². The lowest BCUT2D eigenvalue weighted by molar-refractivity contribution is -0.120. The Kier molecular flexibility index (Phi) is 3.91. The molecule has 0 aromatic heterocycles. The van der Waals surface area contributed by atoms with Gasteiger partial charge in [-0.05, 0) is 31.5 Å². The standard InChI is InChI=1S/C13H16F2N2O/c1-17(9-5-6-10(14)11(15)8-9)13(18)12-4-2-3-7-16-12/h5-6,8,12,16H,2-4,7H2,1H3. The highest BCUT2D eigenvalue weighted by Crippen LogP contribution is 2.19. The van der Waals surface area contributed by atoms with Gasteiger partial charge in [0.05, 0.1) is 6.04 Å². The van der Waals surface area contributed by atoms with Crippen LogP contribution in [0.5, 0.6) is 0 Å². The number of likely N-dealkylation sites (N-methyl/N-ethyl adjacent to an activating group) is 1. The fourth-order valence-corrected chi connectivity index (χ4v) is 2.12. The average Bonchev–Trinajstić information content (AvgIpc) is 2.41. The highest BCUT2D eigenvalue weighted by Gasteiger charge is 2.24. The van der Waals surface area contributed by atoms with Crippen molar-refractivity contribution in [1.82, 2.24) is 5.32 Å². The van der Waals surface area contributed by atoms with Crippen LogP contribution in [0.15, 0.2) is 18.2 Å². The van der Waals surface area contributed by atoms with Crippen LogP contribution in [0.2, 0.25) is 0 Å². The smallest absolute Gasteiger partial charge is 0.243 e. The van der Waals surface area contributed by atoms with E-state index >= 15 is 0 Å². The molecule has 2 rings (SSSR count). The number of carbonyl (C=O) groups is 1. The molecule has 0 spiro atoms. The van der Waals surface area contributed by atoms with Crippen LogP contribution < -0.4 is 10.2 Å². The summed E-state index contributed by atoms with van der Waals surface area (Å²) in [6, 6.07) is 3.25. The van der Waals surface area contributed by atoms with E-state index in [1.807, 2.05) is 0 Å². The number of rotatable bonds is 2. The number of carbonyl (C=O) groups excluding carboxylic acids is 1. The minimum atomic E-state index is -0.941. The molecular formula is C13H16F2N2O. The van der Waals surface area contributed by atoms with Gasteiger partial charge in [-0.1, -0.05) is 6.42 Å². The second-order valence-electron chi connectivity index (χ2n) is 4.50. The molecule has 0 radical (unpaired) electrons. The molecule has 0 bridgehead atoms. The van der Waals surface area contributed by atoms with Gasteiger partial charge < -0.3 is 10.2 Å². The summed E-state index contributed by atoms with van der Waals surface area (Å²) in [5.41, 5.74) is 0.367. The van der Waals surface area contributed by atoms with Crippen LogP contribution in [0, 0.1) is 11.6 Å². The quantitative estimate of drug-likeness (QED) is 0.876. The van der Waals surface area contributed by atoms with Crippen molar-refractivity contribution in [3.63, 3.8) is 0 Å². The van der Waals surface area contributed by atoms with E-state index in [4.69, 9.17) is 0 Å². The minimum Gasteiger partial charge on any atom is -0.314 e. The van der Waals surface area contributed by atoms with Gasteiger partial charge in [-0.2, -0.15) is 0 Å². The molecule has 1 aliphatic rings. The zero-order valence-electron chi connectivity index (χ0n) is 10.2. The summed E-state index contributed by atoms with van der Waals surface area (Å²) in [7, 11) is 1.57. The lowest BCUT2D eigenvalue weighted by atomic mass is 10.0. The van der Waals surface area contributed by atoms with Crippen molar-refractivity contribution in [1.29, 1.82) is 0 Å². The molecule has 1 aromatic rings. The first-order valence-corrected chi connectivity index (χ1v) is 6.05. The Labute approximate surface area is 105 Å². The van der Waals surface area contributed by atoms with Gasteiger partial charge in [0.2, 0.25) is 5.91 Å². The van der Waals surface area contributed by atoms with Crippen molar-refractivity contribution in [2.45, 2.75) is 25.3 Å². The SMILES string of the molecule is CN(C(=O)C1CCCCN1)c1ccc(F)c(F)c1. The maximum atomic E-state index is 13.1. The Balaban J connectivity index is 2.11. The number of amides is 1. The number of halogens is 2. The minimum absolute atomic E-state index is 0.110. The Bertz CT molecular complexity index is 445. The molecule has 1 aromatic carbocycles. The number of anilines is 1. The molecule has 0 aliphatic carbocycles.